The number of fused-ring (bicyclic) bond motifs is 4. The lowest BCUT2D eigenvalue weighted by molar-refractivity contribution is -0.571. The summed E-state index contributed by atoms with van der Waals surface area (Å²) in [5, 5.41) is 2.33. The van der Waals surface area contributed by atoms with Gasteiger partial charge >= 0.3 is 0 Å². The number of hydrogen-bond acceptors (Lipinski definition) is 2. The van der Waals surface area contributed by atoms with Gasteiger partial charge in [-0.15, -0.1) is 0 Å². The highest BCUT2D eigenvalue weighted by molar-refractivity contribution is 6.09. The molecule has 0 aliphatic heterocycles. The highest BCUT2D eigenvalue weighted by Gasteiger charge is 2.25. The first kappa shape index (κ1) is 43.5. The van der Waals surface area contributed by atoms with Gasteiger partial charge in [-0.3, -0.25) is 13.7 Å². The van der Waals surface area contributed by atoms with E-state index < -0.39 is 0 Å². The Bertz CT molecular complexity index is 3660. The van der Waals surface area contributed by atoms with Crippen molar-refractivity contribution in [2.45, 2.75) is 65.7 Å². The van der Waals surface area contributed by atoms with Crippen LogP contribution in [-0.4, -0.2) is 14.1 Å². The lowest BCUT2D eigenvalue weighted by Gasteiger charge is -2.27. The van der Waals surface area contributed by atoms with Crippen LogP contribution in [0.25, 0.3) is 83.4 Å². The fourth-order valence-electron chi connectivity index (χ4n) is 9.68. The second-order valence-corrected chi connectivity index (χ2v) is 20.2. The summed E-state index contributed by atoms with van der Waals surface area (Å²) in [5.74, 6) is 2.36. The van der Waals surface area contributed by atoms with Gasteiger partial charge in [-0.2, -0.15) is 0 Å². The van der Waals surface area contributed by atoms with E-state index in [-0.39, 0.29) is 10.8 Å². The van der Waals surface area contributed by atoms with Gasteiger partial charge in [0.2, 0.25) is 0 Å². The lowest BCUT2D eigenvalue weighted by atomic mass is 9.78. The molecule has 0 fully saturated rings. The molecule has 69 heavy (non-hydrogen) atoms. The first-order valence-corrected chi connectivity index (χ1v) is 24.1. The van der Waals surface area contributed by atoms with Gasteiger partial charge in [-0.25, -0.2) is 4.98 Å². The molecule has 3 heterocycles. The number of rotatable bonds is 9. The molecule has 5 heteroatoms. The summed E-state index contributed by atoms with van der Waals surface area (Å²) in [5.41, 5.74) is 16.8. The van der Waals surface area contributed by atoms with Crippen molar-refractivity contribution in [2.24, 2.45) is 0 Å². The van der Waals surface area contributed by atoms with Gasteiger partial charge in [0, 0.05) is 23.0 Å². The Balaban J connectivity index is 1.10. The minimum absolute atomic E-state index is 0.0534. The van der Waals surface area contributed by atoms with E-state index in [0.717, 1.165) is 90.4 Å². The molecule has 0 amide bonds. The van der Waals surface area contributed by atoms with Gasteiger partial charge in [-0.1, -0.05) is 182 Å². The molecule has 3 aromatic heterocycles. The summed E-state index contributed by atoms with van der Waals surface area (Å²) in [6.07, 6.45) is 6.78. The van der Waals surface area contributed by atoms with Gasteiger partial charge in [0.05, 0.1) is 33.4 Å². The van der Waals surface area contributed by atoms with Crippen LogP contribution in [-0.2, 0) is 17.3 Å². The second-order valence-electron chi connectivity index (χ2n) is 20.2. The van der Waals surface area contributed by atoms with E-state index >= 15 is 0 Å². The van der Waals surface area contributed by atoms with E-state index in [2.05, 4.69) is 257 Å². The first-order chi connectivity index (χ1) is 33.4. The van der Waals surface area contributed by atoms with Crippen LogP contribution in [0, 0.1) is 6.33 Å². The summed E-state index contributed by atoms with van der Waals surface area (Å²) in [7, 11) is 0. The molecule has 5 nitrogen and oxygen atoms in total. The van der Waals surface area contributed by atoms with Crippen molar-refractivity contribution in [1.29, 1.82) is 0 Å². The number of ether oxygens (including phenoxy) is 1. The predicted octanol–water partition coefficient (Wildman–Crippen LogP) is 16.2. The Labute approximate surface area is 405 Å². The molecule has 0 N–H and O–H groups in total. The van der Waals surface area contributed by atoms with Crippen molar-refractivity contribution in [1.82, 2.24) is 14.1 Å². The number of benzene rings is 8. The van der Waals surface area contributed by atoms with Crippen molar-refractivity contribution >= 4 is 32.8 Å². The predicted molar refractivity (Wildman–Crippen MR) is 285 cm³/mol. The Kier molecular flexibility index (Phi) is 10.9. The molecule has 0 radical (unpaired) electrons. The summed E-state index contributed by atoms with van der Waals surface area (Å²) in [4.78, 5) is 4.85. The third kappa shape index (κ3) is 8.18. The molecular formula is C64H56N4O. The fourth-order valence-corrected chi connectivity index (χ4v) is 9.68. The van der Waals surface area contributed by atoms with Crippen LogP contribution in [0.3, 0.4) is 0 Å². The summed E-state index contributed by atoms with van der Waals surface area (Å²) in [6.45, 7) is 16.0. The van der Waals surface area contributed by atoms with Crippen molar-refractivity contribution in [3.05, 3.63) is 223 Å². The maximum Gasteiger partial charge on any atom is 0.269 e. The zero-order chi connectivity index (χ0) is 47.4. The highest BCUT2D eigenvalue weighted by atomic mass is 16.5. The Morgan fingerprint density at radius 3 is 1.88 bits per heavy atom. The highest BCUT2D eigenvalue weighted by Crippen LogP contribution is 2.40. The molecule has 338 valence electrons. The third-order valence-electron chi connectivity index (χ3n) is 13.5. The van der Waals surface area contributed by atoms with Crippen molar-refractivity contribution < 1.29 is 9.30 Å². The van der Waals surface area contributed by atoms with E-state index in [1.54, 1.807) is 0 Å². The maximum absolute atomic E-state index is 6.82. The molecule has 11 aromatic rings. The smallest absolute Gasteiger partial charge is 0.269 e. The largest absolute Gasteiger partial charge is 0.458 e. The van der Waals surface area contributed by atoms with Gasteiger partial charge in [-0.05, 0) is 122 Å². The van der Waals surface area contributed by atoms with Crippen LogP contribution in [0.5, 0.6) is 11.5 Å². The SMILES string of the molecule is CCc1ccnc(-n2c3ccccc3c3ccc(Oc4cccc(-n5[c-][n+](-c6c(-c7ccccc7)cccc6-c6cc(C(C)(C)C)cc(C(C)(C)C)c6)c6cc(-c7ccccc7)ccc65)c4)cc32)c1. The van der Waals surface area contributed by atoms with Crippen LogP contribution in [0.4, 0.5) is 0 Å². The number of nitrogens with zero attached hydrogens (tertiary/aromatic N) is 4. The zero-order valence-electron chi connectivity index (χ0n) is 40.5. The zero-order valence-corrected chi connectivity index (χ0v) is 40.5. The third-order valence-corrected chi connectivity index (χ3v) is 13.5. The van der Waals surface area contributed by atoms with Gasteiger partial charge in [0.15, 0.2) is 0 Å². The number of hydrogen-bond donors (Lipinski definition) is 0. The van der Waals surface area contributed by atoms with Crippen molar-refractivity contribution in [2.75, 3.05) is 0 Å². The Morgan fingerprint density at radius 1 is 0.507 bits per heavy atom. The van der Waals surface area contributed by atoms with Crippen molar-refractivity contribution in [3.63, 3.8) is 0 Å². The topological polar surface area (TPSA) is 35.9 Å². The minimum Gasteiger partial charge on any atom is -0.458 e. The van der Waals surface area contributed by atoms with E-state index in [1.807, 2.05) is 12.3 Å². The monoisotopic (exact) mass is 896 g/mol. The molecule has 0 spiro atoms. The Morgan fingerprint density at radius 2 is 1.16 bits per heavy atom. The molecular weight excluding hydrogens is 841 g/mol. The molecule has 0 unspecified atom stereocenters. The molecule has 0 saturated carbocycles. The first-order valence-electron chi connectivity index (χ1n) is 24.1. The lowest BCUT2D eigenvalue weighted by Crippen LogP contribution is -2.31. The number of aryl methyl sites for hydroxylation is 1. The minimum atomic E-state index is -0.0534. The van der Waals surface area contributed by atoms with Gasteiger partial charge < -0.3 is 4.74 Å². The van der Waals surface area contributed by atoms with E-state index in [0.29, 0.717) is 0 Å². The molecule has 0 bridgehead atoms. The van der Waals surface area contributed by atoms with Crippen LogP contribution in [0.1, 0.15) is 65.2 Å². The van der Waals surface area contributed by atoms with Crippen LogP contribution in [0.2, 0.25) is 0 Å². The summed E-state index contributed by atoms with van der Waals surface area (Å²) < 4.78 is 13.6. The van der Waals surface area contributed by atoms with E-state index in [1.165, 1.54) is 27.6 Å². The molecule has 0 atom stereocenters. The van der Waals surface area contributed by atoms with E-state index in [4.69, 9.17) is 9.72 Å². The molecule has 0 saturated heterocycles. The average Bonchev–Trinajstić information content (AvgIpc) is 3.91. The summed E-state index contributed by atoms with van der Waals surface area (Å²) >= 11 is 0. The van der Waals surface area contributed by atoms with Gasteiger partial charge in [0.25, 0.3) is 6.33 Å². The van der Waals surface area contributed by atoms with Crippen LogP contribution in [0.15, 0.2) is 200 Å². The molecule has 0 aliphatic carbocycles. The normalized spacial score (nSPS) is 12.0. The maximum atomic E-state index is 6.82. The number of aromatic nitrogens is 4. The molecule has 8 aromatic carbocycles. The number of pyridine rings is 1. The quantitative estimate of drug-likeness (QED) is 0.107. The van der Waals surface area contributed by atoms with Crippen molar-refractivity contribution in [3.8, 4) is 62.1 Å². The van der Waals surface area contributed by atoms with Crippen LogP contribution < -0.4 is 9.30 Å². The second kappa shape index (κ2) is 17.2. The average molecular weight is 897 g/mol. The fraction of sp³-hybridized carbons (Fsp3) is 0.156. The van der Waals surface area contributed by atoms with E-state index in [9.17, 15) is 0 Å². The Hall–Kier alpha value is -8.02. The standard InChI is InChI=1S/C64H56N4O/c1-8-43-33-34-65-61(35-43)68-57-28-16-15-25-55(57)56-31-30-52(41-59(56)68)69-51-24-17-23-50(40-51)66-42-67(60-38-46(29-32-58(60)66)44-19-11-9-12-20-44)62-53(45-21-13-10-14-22-45)26-18-27-54(62)47-36-48(63(2,3)4)39-49(37-47)64(5,6)7/h9-41H,8H2,1-7H3. The van der Waals surface area contributed by atoms with Gasteiger partial charge in [0.1, 0.15) is 17.3 Å². The molecule has 0 aliphatic rings. The molecule has 11 rings (SSSR count). The summed E-state index contributed by atoms with van der Waals surface area (Å²) in [6, 6.07) is 69.6. The number of para-hydroxylation sites is 2. The number of imidazole rings is 1. The van der Waals surface area contributed by atoms with Crippen LogP contribution >= 0.6 is 0 Å².